The topological polar surface area (TPSA) is 196 Å². The summed E-state index contributed by atoms with van der Waals surface area (Å²) in [7, 11) is 0. The van der Waals surface area contributed by atoms with Crippen molar-refractivity contribution in [2.24, 2.45) is 5.16 Å². The molecule has 1 aromatic carbocycles. The predicted octanol–water partition coefficient (Wildman–Crippen LogP) is 3.35. The van der Waals surface area contributed by atoms with Gasteiger partial charge in [-0.15, -0.1) is 11.3 Å². The molecule has 1 aromatic heterocycles. The van der Waals surface area contributed by atoms with Gasteiger partial charge in [0.15, 0.2) is 10.8 Å². The van der Waals surface area contributed by atoms with E-state index in [0.29, 0.717) is 6.61 Å². The predicted molar refractivity (Wildman–Crippen MR) is 181 cm³/mol. The molecular formula is C33H44N6O10S. The number of benzene rings is 1. The molecule has 4 amide bonds. The number of rotatable bonds is 13. The van der Waals surface area contributed by atoms with Crippen LogP contribution in [0, 0.1) is 0 Å². The molecule has 2 aliphatic heterocycles. The lowest BCUT2D eigenvalue weighted by molar-refractivity contribution is -0.179. The number of esters is 1. The van der Waals surface area contributed by atoms with E-state index in [1.807, 2.05) is 30.3 Å². The number of β-lactam (4-membered cyclic amide) rings is 1. The number of oxime groups is 1. The number of amides is 4. The number of ether oxygens (including phenoxy) is 4. The van der Waals surface area contributed by atoms with Crippen molar-refractivity contribution in [2.75, 3.05) is 25.0 Å². The number of hydrogen-bond donors (Lipinski definition) is 3. The summed E-state index contributed by atoms with van der Waals surface area (Å²) in [5.41, 5.74) is -2.62. The minimum absolute atomic E-state index is 0.0173. The van der Waals surface area contributed by atoms with Crippen molar-refractivity contribution >= 4 is 52.2 Å². The van der Waals surface area contributed by atoms with Crippen LogP contribution in [0.1, 0.15) is 66.6 Å². The van der Waals surface area contributed by atoms with Gasteiger partial charge in [0.2, 0.25) is 11.5 Å². The van der Waals surface area contributed by atoms with E-state index >= 15 is 0 Å². The number of thiazole rings is 1. The van der Waals surface area contributed by atoms with Gasteiger partial charge in [-0.05, 0) is 61.0 Å². The second kappa shape index (κ2) is 15.4. The zero-order chi connectivity index (χ0) is 36.9. The van der Waals surface area contributed by atoms with Crippen molar-refractivity contribution in [1.29, 1.82) is 0 Å². The van der Waals surface area contributed by atoms with Gasteiger partial charge in [-0.1, -0.05) is 35.5 Å². The van der Waals surface area contributed by atoms with Gasteiger partial charge in [0, 0.05) is 11.9 Å². The van der Waals surface area contributed by atoms with E-state index in [2.05, 4.69) is 26.1 Å². The van der Waals surface area contributed by atoms with Crippen LogP contribution >= 0.6 is 11.3 Å². The molecule has 272 valence electrons. The Hall–Kier alpha value is -4.77. The minimum Gasteiger partial charge on any atom is -0.457 e. The highest BCUT2D eigenvalue weighted by Crippen LogP contribution is 2.22. The maximum Gasteiger partial charge on any atom is 0.413 e. The highest BCUT2D eigenvalue weighted by Gasteiger charge is 2.45. The summed E-state index contributed by atoms with van der Waals surface area (Å²) in [6.45, 7) is 13.9. The molecular weight excluding hydrogens is 672 g/mol. The zero-order valence-corrected chi connectivity index (χ0v) is 30.2. The van der Waals surface area contributed by atoms with Gasteiger partial charge in [0.05, 0.1) is 25.8 Å². The summed E-state index contributed by atoms with van der Waals surface area (Å²) < 4.78 is 21.8. The third-order valence-corrected chi connectivity index (χ3v) is 7.66. The summed E-state index contributed by atoms with van der Waals surface area (Å²) in [4.78, 5) is 75.2. The SMILES string of the molecule is CC(C)(C)OC(=O)Nc1nc(C(=NOC(C)(C)C(=O)OC(C)(C)C)C(=O)N[C@@H]2C(=O)N[C@H]2CN2C[C@H](COCc3ccccc3)OC2=O)cs1. The smallest absolute Gasteiger partial charge is 0.413 e. The number of anilines is 1. The molecule has 2 fully saturated rings. The monoisotopic (exact) mass is 716 g/mol. The lowest BCUT2D eigenvalue weighted by Crippen LogP contribution is -2.72. The van der Waals surface area contributed by atoms with E-state index in [1.54, 1.807) is 41.5 Å². The summed E-state index contributed by atoms with van der Waals surface area (Å²) in [6, 6.07) is 7.88. The molecule has 0 radical (unpaired) electrons. The number of carbonyl (C=O) groups is 5. The second-order valence-electron chi connectivity index (χ2n) is 14.2. The number of aromatic nitrogens is 1. The molecule has 16 nitrogen and oxygen atoms in total. The molecule has 4 rings (SSSR count). The number of hydrogen-bond acceptors (Lipinski definition) is 13. The van der Waals surface area contributed by atoms with E-state index in [1.165, 1.54) is 24.1 Å². The molecule has 3 N–H and O–H groups in total. The van der Waals surface area contributed by atoms with Crippen LogP contribution in [0.5, 0.6) is 0 Å². The second-order valence-corrected chi connectivity index (χ2v) is 15.0. The van der Waals surface area contributed by atoms with E-state index in [9.17, 15) is 24.0 Å². The number of nitrogens with one attached hydrogen (secondary N) is 3. The first-order chi connectivity index (χ1) is 23.3. The van der Waals surface area contributed by atoms with Crippen LogP contribution < -0.4 is 16.0 Å². The van der Waals surface area contributed by atoms with Gasteiger partial charge >= 0.3 is 18.2 Å². The standard InChI is InChI=1S/C33H44N6O10S/c1-31(2,3)47-27(42)33(7,8)49-38-24(22-18-50-28(35-22)37-29(43)48-32(4,5)6)26(41)36-23-21(34-25(23)40)15-39-14-20(46-30(39)44)17-45-16-19-12-10-9-11-13-19/h9-13,18,20-21,23H,14-17H2,1-8H3,(H,34,40)(H,36,41)(H,35,37,43)/t20-,21+,23+/m1/s1. The molecule has 0 bridgehead atoms. The largest absolute Gasteiger partial charge is 0.457 e. The normalized spacial score (nSPS) is 19.6. The molecule has 3 heterocycles. The van der Waals surface area contributed by atoms with Crippen molar-refractivity contribution < 1.29 is 47.8 Å². The van der Waals surface area contributed by atoms with E-state index in [-0.39, 0.29) is 36.2 Å². The first-order valence-electron chi connectivity index (χ1n) is 15.9. The average Bonchev–Trinajstić information content (AvgIpc) is 3.60. The van der Waals surface area contributed by atoms with Crippen molar-refractivity contribution in [3.63, 3.8) is 0 Å². The highest BCUT2D eigenvalue weighted by molar-refractivity contribution is 7.14. The van der Waals surface area contributed by atoms with Gasteiger partial charge in [-0.25, -0.2) is 19.4 Å². The van der Waals surface area contributed by atoms with Crippen LogP contribution in [0.25, 0.3) is 0 Å². The zero-order valence-electron chi connectivity index (χ0n) is 29.4. The Kier molecular flexibility index (Phi) is 11.7. The first-order valence-corrected chi connectivity index (χ1v) is 16.8. The minimum atomic E-state index is -1.62. The van der Waals surface area contributed by atoms with Gasteiger partial charge in [0.1, 0.15) is 29.0 Å². The molecule has 50 heavy (non-hydrogen) atoms. The molecule has 2 aliphatic rings. The molecule has 17 heteroatoms. The lowest BCUT2D eigenvalue weighted by atomic mass is 9.98. The van der Waals surface area contributed by atoms with E-state index < -0.39 is 65.0 Å². The fourth-order valence-corrected chi connectivity index (χ4v) is 5.21. The number of nitrogens with zero attached hydrogens (tertiary/aromatic N) is 3. The highest BCUT2D eigenvalue weighted by atomic mass is 32.1. The van der Waals surface area contributed by atoms with Gasteiger partial charge in [-0.2, -0.15) is 0 Å². The molecule has 0 saturated carbocycles. The Morgan fingerprint density at radius 3 is 2.36 bits per heavy atom. The summed E-state index contributed by atoms with van der Waals surface area (Å²) >= 11 is 0.984. The molecule has 0 unspecified atom stereocenters. The average molecular weight is 717 g/mol. The van der Waals surface area contributed by atoms with E-state index in [0.717, 1.165) is 16.9 Å². The van der Waals surface area contributed by atoms with Gasteiger partial charge in [-0.3, -0.25) is 14.9 Å². The fourth-order valence-electron chi connectivity index (χ4n) is 4.53. The Bertz CT molecular complexity index is 1600. The number of cyclic esters (lactones) is 1. The lowest BCUT2D eigenvalue weighted by Gasteiger charge is -2.38. The fraction of sp³-hybridized carbons (Fsp3) is 0.545. The number of carbonyl (C=O) groups excluding carboxylic acids is 5. The molecule has 2 saturated heterocycles. The van der Waals surface area contributed by atoms with Gasteiger partial charge < -0.3 is 39.3 Å². The Labute approximate surface area is 294 Å². The Morgan fingerprint density at radius 1 is 1.04 bits per heavy atom. The molecule has 2 aromatic rings. The van der Waals surface area contributed by atoms with Crippen molar-refractivity contribution in [1.82, 2.24) is 20.5 Å². The van der Waals surface area contributed by atoms with Crippen LogP contribution in [0.4, 0.5) is 14.7 Å². The van der Waals surface area contributed by atoms with Crippen molar-refractivity contribution in [3.05, 3.63) is 47.0 Å². The summed E-state index contributed by atoms with van der Waals surface area (Å²) in [6.07, 6.45) is -1.84. The van der Waals surface area contributed by atoms with Gasteiger partial charge in [0.25, 0.3) is 5.91 Å². The van der Waals surface area contributed by atoms with Crippen LogP contribution in [-0.4, -0.2) is 100 Å². The molecule has 0 aliphatic carbocycles. The molecule has 3 atom stereocenters. The van der Waals surface area contributed by atoms with Crippen LogP contribution in [0.2, 0.25) is 0 Å². The third kappa shape index (κ3) is 10.9. The van der Waals surface area contributed by atoms with E-state index in [4.69, 9.17) is 23.8 Å². The maximum atomic E-state index is 13.7. The summed E-state index contributed by atoms with van der Waals surface area (Å²) in [5, 5.41) is 13.3. The maximum absolute atomic E-state index is 13.7. The molecule has 0 spiro atoms. The quantitative estimate of drug-likeness (QED) is 0.0904. The van der Waals surface area contributed by atoms with Crippen molar-refractivity contribution in [2.45, 2.75) is 97.0 Å². The Morgan fingerprint density at radius 2 is 1.72 bits per heavy atom. The third-order valence-electron chi connectivity index (χ3n) is 6.91. The van der Waals surface area contributed by atoms with Crippen molar-refractivity contribution in [3.8, 4) is 0 Å². The van der Waals surface area contributed by atoms with Crippen LogP contribution in [-0.2, 0) is 44.8 Å². The first kappa shape index (κ1) is 38.0. The van der Waals surface area contributed by atoms with Crippen LogP contribution in [0.15, 0.2) is 40.9 Å². The summed E-state index contributed by atoms with van der Waals surface area (Å²) in [5.74, 6) is -2.09. The van der Waals surface area contributed by atoms with Crippen LogP contribution in [0.3, 0.4) is 0 Å². The Balaban J connectivity index is 1.44.